The number of thioether (sulfide) groups is 1. The van der Waals surface area contributed by atoms with E-state index in [1.807, 2.05) is 25.1 Å². The molecule has 0 fully saturated rings. The van der Waals surface area contributed by atoms with Crippen LogP contribution in [0.2, 0.25) is 0 Å². The van der Waals surface area contributed by atoms with Gasteiger partial charge in [-0.15, -0.1) is 0 Å². The van der Waals surface area contributed by atoms with Crippen LogP contribution in [0.4, 0.5) is 10.1 Å². The molecule has 0 saturated carbocycles. The Bertz CT molecular complexity index is 808. The first-order valence-electron chi connectivity index (χ1n) is 7.62. The highest BCUT2D eigenvalue weighted by atomic mass is 32.2. The molecular formula is C18H18FN3OS. The average molecular weight is 343 g/mol. The largest absolute Gasteiger partial charge is 0.379 e. The Hall–Kier alpha value is -2.34. The SMILES string of the molecule is CC1(c2cccc(NC(=O)c3cccc(F)c3)c2)CCSC(N)=N1. The minimum absolute atomic E-state index is 0.281. The number of carbonyl (C=O) groups is 1. The van der Waals surface area contributed by atoms with Crippen LogP contribution in [0, 0.1) is 5.82 Å². The number of hydrogen-bond donors (Lipinski definition) is 2. The van der Waals surface area contributed by atoms with E-state index in [4.69, 9.17) is 5.73 Å². The van der Waals surface area contributed by atoms with Gasteiger partial charge in [0.05, 0.1) is 5.54 Å². The molecule has 1 amide bonds. The number of aliphatic imine (C=N–C) groups is 1. The van der Waals surface area contributed by atoms with E-state index in [9.17, 15) is 9.18 Å². The molecule has 1 unspecified atom stereocenters. The number of nitrogens with one attached hydrogen (secondary N) is 1. The predicted molar refractivity (Wildman–Crippen MR) is 96.8 cm³/mol. The Morgan fingerprint density at radius 3 is 2.83 bits per heavy atom. The van der Waals surface area contributed by atoms with Gasteiger partial charge in [-0.3, -0.25) is 9.79 Å². The van der Waals surface area contributed by atoms with Crippen LogP contribution in [0.1, 0.15) is 29.3 Å². The first-order valence-corrected chi connectivity index (χ1v) is 8.60. The Kier molecular flexibility index (Phi) is 4.57. The van der Waals surface area contributed by atoms with Crippen molar-refractivity contribution in [3.63, 3.8) is 0 Å². The number of rotatable bonds is 3. The van der Waals surface area contributed by atoms with Crippen molar-refractivity contribution in [3.8, 4) is 0 Å². The first kappa shape index (κ1) is 16.5. The summed E-state index contributed by atoms with van der Waals surface area (Å²) in [6.45, 7) is 2.03. The molecule has 0 radical (unpaired) electrons. The van der Waals surface area contributed by atoms with E-state index in [1.165, 1.54) is 18.2 Å². The van der Waals surface area contributed by atoms with Crippen LogP contribution in [0.3, 0.4) is 0 Å². The topological polar surface area (TPSA) is 67.5 Å². The van der Waals surface area contributed by atoms with Crippen molar-refractivity contribution < 1.29 is 9.18 Å². The van der Waals surface area contributed by atoms with Gasteiger partial charge in [-0.05, 0) is 49.2 Å². The number of hydrogen-bond acceptors (Lipinski definition) is 4. The van der Waals surface area contributed by atoms with Crippen LogP contribution < -0.4 is 11.1 Å². The molecule has 0 aromatic heterocycles. The molecule has 0 saturated heterocycles. The second-order valence-electron chi connectivity index (χ2n) is 5.87. The van der Waals surface area contributed by atoms with Crippen molar-refractivity contribution >= 4 is 28.5 Å². The fraction of sp³-hybridized carbons (Fsp3) is 0.222. The van der Waals surface area contributed by atoms with Crippen molar-refractivity contribution in [2.45, 2.75) is 18.9 Å². The predicted octanol–water partition coefficient (Wildman–Crippen LogP) is 3.74. The molecule has 1 aliphatic heterocycles. The van der Waals surface area contributed by atoms with E-state index < -0.39 is 11.4 Å². The summed E-state index contributed by atoms with van der Waals surface area (Å²) < 4.78 is 13.3. The number of benzene rings is 2. The Balaban J connectivity index is 1.83. The molecule has 24 heavy (non-hydrogen) atoms. The maximum absolute atomic E-state index is 13.3. The van der Waals surface area contributed by atoms with Crippen molar-refractivity contribution in [2.75, 3.05) is 11.1 Å². The number of amides is 1. The molecule has 0 spiro atoms. The molecule has 4 nitrogen and oxygen atoms in total. The van der Waals surface area contributed by atoms with Gasteiger partial charge in [-0.2, -0.15) is 0 Å². The van der Waals surface area contributed by atoms with Crippen LogP contribution in [-0.2, 0) is 5.54 Å². The first-order chi connectivity index (χ1) is 11.5. The summed E-state index contributed by atoms with van der Waals surface area (Å²) >= 11 is 1.55. The second-order valence-corrected chi connectivity index (χ2v) is 6.98. The van der Waals surface area contributed by atoms with Crippen LogP contribution in [-0.4, -0.2) is 16.8 Å². The quantitative estimate of drug-likeness (QED) is 0.892. The minimum Gasteiger partial charge on any atom is -0.379 e. The highest BCUT2D eigenvalue weighted by Gasteiger charge is 2.29. The molecule has 2 aromatic rings. The zero-order valence-corrected chi connectivity index (χ0v) is 14.1. The summed E-state index contributed by atoms with van der Waals surface area (Å²) in [5, 5.41) is 3.38. The van der Waals surface area contributed by atoms with E-state index in [-0.39, 0.29) is 11.5 Å². The van der Waals surface area contributed by atoms with Crippen LogP contribution in [0.5, 0.6) is 0 Å². The van der Waals surface area contributed by atoms with Crippen LogP contribution >= 0.6 is 11.8 Å². The molecule has 1 aliphatic rings. The second kappa shape index (κ2) is 6.65. The molecule has 124 valence electrons. The summed E-state index contributed by atoms with van der Waals surface area (Å²) in [6.07, 6.45) is 0.875. The molecular weight excluding hydrogens is 325 g/mol. The summed E-state index contributed by atoms with van der Waals surface area (Å²) in [5.74, 6) is 0.124. The molecule has 1 heterocycles. The third-order valence-corrected chi connectivity index (χ3v) is 4.82. The number of amidine groups is 1. The van der Waals surface area contributed by atoms with Crippen molar-refractivity contribution in [3.05, 3.63) is 65.5 Å². The fourth-order valence-corrected chi connectivity index (χ4v) is 3.63. The van der Waals surface area contributed by atoms with E-state index in [1.54, 1.807) is 23.9 Å². The van der Waals surface area contributed by atoms with E-state index in [0.29, 0.717) is 10.9 Å². The smallest absolute Gasteiger partial charge is 0.255 e. The van der Waals surface area contributed by atoms with Gasteiger partial charge in [-0.1, -0.05) is 30.0 Å². The van der Waals surface area contributed by atoms with Crippen LogP contribution in [0.15, 0.2) is 53.5 Å². The molecule has 3 rings (SSSR count). The Morgan fingerprint density at radius 1 is 1.29 bits per heavy atom. The zero-order valence-electron chi connectivity index (χ0n) is 13.3. The normalized spacial score (nSPS) is 20.3. The lowest BCUT2D eigenvalue weighted by Crippen LogP contribution is -2.28. The lowest BCUT2D eigenvalue weighted by molar-refractivity contribution is 0.102. The van der Waals surface area contributed by atoms with Gasteiger partial charge in [-0.25, -0.2) is 4.39 Å². The summed E-state index contributed by atoms with van der Waals surface area (Å²) in [5.41, 5.74) is 7.39. The van der Waals surface area contributed by atoms with Gasteiger partial charge < -0.3 is 11.1 Å². The molecule has 3 N–H and O–H groups in total. The maximum Gasteiger partial charge on any atom is 0.255 e. The minimum atomic E-state index is -0.437. The van der Waals surface area contributed by atoms with Crippen molar-refractivity contribution in [1.82, 2.24) is 0 Å². The number of anilines is 1. The Morgan fingerprint density at radius 2 is 2.08 bits per heavy atom. The highest BCUT2D eigenvalue weighted by molar-refractivity contribution is 8.13. The van der Waals surface area contributed by atoms with E-state index in [2.05, 4.69) is 10.3 Å². The third kappa shape index (κ3) is 3.59. The van der Waals surface area contributed by atoms with Gasteiger partial charge in [0.15, 0.2) is 5.17 Å². The fourth-order valence-electron chi connectivity index (χ4n) is 2.66. The average Bonchev–Trinajstić information content (AvgIpc) is 2.55. The van der Waals surface area contributed by atoms with Crippen molar-refractivity contribution in [1.29, 1.82) is 0 Å². The number of halogens is 1. The zero-order chi connectivity index (χ0) is 17.2. The third-order valence-electron chi connectivity index (χ3n) is 4.02. The number of nitrogens with two attached hydrogens (primary N) is 1. The van der Waals surface area contributed by atoms with Gasteiger partial charge in [0, 0.05) is 17.0 Å². The number of nitrogens with zero attached hydrogens (tertiary/aromatic N) is 1. The van der Waals surface area contributed by atoms with E-state index >= 15 is 0 Å². The molecule has 2 aromatic carbocycles. The van der Waals surface area contributed by atoms with Gasteiger partial charge in [0.2, 0.25) is 0 Å². The molecule has 6 heteroatoms. The van der Waals surface area contributed by atoms with E-state index in [0.717, 1.165) is 17.7 Å². The lowest BCUT2D eigenvalue weighted by atomic mass is 9.89. The van der Waals surface area contributed by atoms with Gasteiger partial charge >= 0.3 is 0 Å². The highest BCUT2D eigenvalue weighted by Crippen LogP contribution is 2.35. The molecule has 0 bridgehead atoms. The monoisotopic (exact) mass is 343 g/mol. The molecule has 1 atom stereocenters. The van der Waals surface area contributed by atoms with Gasteiger partial charge in [0.1, 0.15) is 5.82 Å². The summed E-state index contributed by atoms with van der Waals surface area (Å²) in [4.78, 5) is 16.8. The van der Waals surface area contributed by atoms with Gasteiger partial charge in [0.25, 0.3) is 5.91 Å². The summed E-state index contributed by atoms with van der Waals surface area (Å²) in [7, 11) is 0. The van der Waals surface area contributed by atoms with Crippen molar-refractivity contribution in [2.24, 2.45) is 10.7 Å². The molecule has 0 aliphatic carbocycles. The lowest BCUT2D eigenvalue weighted by Gasteiger charge is -2.30. The van der Waals surface area contributed by atoms with Crippen LogP contribution in [0.25, 0.3) is 0 Å². The standard InChI is InChI=1S/C18H18FN3OS/c1-18(8-9-24-17(20)22-18)13-5-3-7-15(11-13)21-16(23)12-4-2-6-14(19)10-12/h2-7,10-11H,8-9H2,1H3,(H2,20,22)(H,21,23). The number of carbonyl (C=O) groups excluding carboxylic acids is 1. The summed E-state index contributed by atoms with van der Waals surface area (Å²) in [6, 6.07) is 13.1. The Labute approximate surface area is 144 Å². The maximum atomic E-state index is 13.3.